The Morgan fingerprint density at radius 3 is 2.11 bits per heavy atom. The molecule has 0 saturated carbocycles. The van der Waals surface area contributed by atoms with E-state index in [1.54, 1.807) is 18.2 Å². The van der Waals surface area contributed by atoms with Gasteiger partial charge in [-0.05, 0) is 40.9 Å². The van der Waals surface area contributed by atoms with Gasteiger partial charge < -0.3 is 8.95 Å². The Morgan fingerprint density at radius 1 is 0.889 bits per heavy atom. The van der Waals surface area contributed by atoms with E-state index in [2.05, 4.69) is 46.7 Å². The molecule has 1 aromatic heterocycles. The lowest BCUT2D eigenvalue weighted by Gasteiger charge is -2.42. The fraction of sp³-hybridized carbons (Fsp3) is 0.409. The highest BCUT2D eigenvalue weighted by atomic mass is 28.4. The van der Waals surface area contributed by atoms with E-state index in [4.69, 9.17) is 8.95 Å². The van der Waals surface area contributed by atoms with Crippen molar-refractivity contribution in [2.24, 2.45) is 0 Å². The van der Waals surface area contributed by atoms with Crippen molar-refractivity contribution in [3.8, 4) is 17.0 Å². The van der Waals surface area contributed by atoms with Gasteiger partial charge in [-0.25, -0.2) is 4.39 Å². The molecule has 5 heteroatoms. The Bertz CT molecular complexity index is 911. The van der Waals surface area contributed by atoms with Crippen LogP contribution >= 0.6 is 0 Å². The topological polar surface area (TPSA) is 35.3 Å². The zero-order chi connectivity index (χ0) is 19.8. The van der Waals surface area contributed by atoms with E-state index in [9.17, 15) is 4.39 Å². The molecule has 3 nitrogen and oxygen atoms in total. The molecule has 0 unspecified atom stereocenters. The molecular formula is C22H28FNO2Si. The summed E-state index contributed by atoms with van der Waals surface area (Å²) in [5, 5.41) is 4.92. The maximum absolute atomic E-state index is 14.4. The minimum absolute atomic E-state index is 0.317. The van der Waals surface area contributed by atoms with Crippen LogP contribution in [0.3, 0.4) is 0 Å². The Hall–Kier alpha value is -2.14. The Labute approximate surface area is 161 Å². The monoisotopic (exact) mass is 385 g/mol. The van der Waals surface area contributed by atoms with Crippen molar-refractivity contribution in [2.75, 3.05) is 0 Å². The quantitative estimate of drug-likeness (QED) is 0.421. The SMILES string of the molecule is CC(C)[Si](Oc1cccc2onc(-c3ccccc3F)c12)(C(C)C)C(C)C. The molecule has 0 aliphatic carbocycles. The molecule has 0 aliphatic heterocycles. The molecule has 0 bridgehead atoms. The third-order valence-corrected chi connectivity index (χ3v) is 11.6. The van der Waals surface area contributed by atoms with Crippen molar-refractivity contribution in [3.63, 3.8) is 0 Å². The van der Waals surface area contributed by atoms with Gasteiger partial charge in [-0.15, -0.1) is 0 Å². The average Bonchev–Trinajstić information content (AvgIpc) is 3.03. The number of rotatable bonds is 6. The predicted molar refractivity (Wildman–Crippen MR) is 111 cm³/mol. The van der Waals surface area contributed by atoms with Crippen molar-refractivity contribution >= 4 is 19.3 Å². The molecule has 0 N–H and O–H groups in total. The maximum atomic E-state index is 14.4. The number of hydrogen-bond donors (Lipinski definition) is 0. The highest BCUT2D eigenvalue weighted by molar-refractivity contribution is 6.78. The van der Waals surface area contributed by atoms with E-state index in [1.165, 1.54) is 6.07 Å². The third kappa shape index (κ3) is 3.29. The lowest BCUT2D eigenvalue weighted by Crippen LogP contribution is -2.50. The molecule has 3 aromatic rings. The van der Waals surface area contributed by atoms with Gasteiger partial charge in [0.05, 0.1) is 5.39 Å². The molecule has 0 spiro atoms. The number of aromatic nitrogens is 1. The zero-order valence-corrected chi connectivity index (χ0v) is 17.9. The van der Waals surface area contributed by atoms with Crippen LogP contribution < -0.4 is 4.43 Å². The molecule has 0 atom stereocenters. The van der Waals surface area contributed by atoms with Crippen LogP contribution in [0.2, 0.25) is 16.6 Å². The highest BCUT2D eigenvalue weighted by Gasteiger charge is 2.47. The van der Waals surface area contributed by atoms with E-state index >= 15 is 0 Å². The number of nitrogens with zero attached hydrogens (tertiary/aromatic N) is 1. The van der Waals surface area contributed by atoms with Gasteiger partial charge in [0.1, 0.15) is 17.3 Å². The van der Waals surface area contributed by atoms with Crippen molar-refractivity contribution < 1.29 is 13.3 Å². The van der Waals surface area contributed by atoms with Crippen molar-refractivity contribution in [1.29, 1.82) is 0 Å². The molecule has 0 fully saturated rings. The van der Waals surface area contributed by atoms with E-state index in [1.807, 2.05) is 18.2 Å². The van der Waals surface area contributed by atoms with Crippen LogP contribution in [0.25, 0.3) is 22.2 Å². The summed E-state index contributed by atoms with van der Waals surface area (Å²) in [6.07, 6.45) is 0. The molecule has 0 saturated heterocycles. The lowest BCUT2D eigenvalue weighted by atomic mass is 10.1. The summed E-state index contributed by atoms with van der Waals surface area (Å²) in [7, 11) is -2.16. The van der Waals surface area contributed by atoms with Crippen LogP contribution in [0, 0.1) is 5.82 Å². The van der Waals surface area contributed by atoms with Gasteiger partial charge in [-0.1, -0.05) is 64.9 Å². The van der Waals surface area contributed by atoms with Gasteiger partial charge in [0.15, 0.2) is 5.58 Å². The first-order valence-electron chi connectivity index (χ1n) is 9.61. The standard InChI is InChI=1S/C22H28FNO2Si/c1-14(2)27(15(3)4,16(5)6)26-20-13-9-12-19-21(20)22(24-25-19)17-10-7-8-11-18(17)23/h7-16H,1-6H3. The molecule has 0 amide bonds. The van der Waals surface area contributed by atoms with Gasteiger partial charge in [-0.3, -0.25) is 0 Å². The van der Waals surface area contributed by atoms with Gasteiger partial charge in [0.2, 0.25) is 0 Å². The molecule has 144 valence electrons. The summed E-state index contributed by atoms with van der Waals surface area (Å²) in [6.45, 7) is 13.5. The van der Waals surface area contributed by atoms with E-state index < -0.39 is 8.32 Å². The van der Waals surface area contributed by atoms with Crippen LogP contribution in [0.1, 0.15) is 41.5 Å². The van der Waals surface area contributed by atoms with E-state index in [0.29, 0.717) is 33.5 Å². The van der Waals surface area contributed by atoms with Gasteiger partial charge in [0, 0.05) is 5.56 Å². The first-order valence-corrected chi connectivity index (χ1v) is 11.7. The van der Waals surface area contributed by atoms with E-state index in [-0.39, 0.29) is 5.82 Å². The van der Waals surface area contributed by atoms with Crippen LogP contribution in [0.4, 0.5) is 4.39 Å². The first-order chi connectivity index (χ1) is 12.8. The molecule has 0 radical (unpaired) electrons. The molecule has 3 rings (SSSR count). The Morgan fingerprint density at radius 2 is 1.52 bits per heavy atom. The summed E-state index contributed by atoms with van der Waals surface area (Å²) in [5.74, 6) is 0.428. The van der Waals surface area contributed by atoms with Gasteiger partial charge in [-0.2, -0.15) is 0 Å². The van der Waals surface area contributed by atoms with Crippen LogP contribution in [-0.2, 0) is 0 Å². The summed E-state index contributed by atoms with van der Waals surface area (Å²) in [4.78, 5) is 0. The summed E-state index contributed by atoms with van der Waals surface area (Å²) in [5.41, 5.74) is 2.85. The number of hydrogen-bond acceptors (Lipinski definition) is 3. The molecule has 2 aromatic carbocycles. The summed E-state index contributed by atoms with van der Waals surface area (Å²) in [6, 6.07) is 12.4. The number of halogens is 1. The smallest absolute Gasteiger partial charge is 0.258 e. The third-order valence-electron chi connectivity index (χ3n) is 5.58. The van der Waals surface area contributed by atoms with Crippen molar-refractivity contribution in [2.45, 2.75) is 58.2 Å². The molecule has 27 heavy (non-hydrogen) atoms. The molecule has 1 heterocycles. The summed E-state index contributed by atoms with van der Waals surface area (Å²) >= 11 is 0. The highest BCUT2D eigenvalue weighted by Crippen LogP contribution is 2.45. The Kier molecular flexibility index (Phi) is 5.42. The number of benzene rings is 2. The average molecular weight is 386 g/mol. The van der Waals surface area contributed by atoms with Crippen LogP contribution in [-0.4, -0.2) is 13.5 Å². The minimum atomic E-state index is -2.16. The van der Waals surface area contributed by atoms with E-state index in [0.717, 1.165) is 11.1 Å². The maximum Gasteiger partial charge on any atom is 0.258 e. The fourth-order valence-electron chi connectivity index (χ4n) is 4.43. The van der Waals surface area contributed by atoms with Crippen molar-refractivity contribution in [3.05, 3.63) is 48.3 Å². The second kappa shape index (κ2) is 7.47. The largest absolute Gasteiger partial charge is 0.542 e. The van der Waals surface area contributed by atoms with Crippen LogP contribution in [0.15, 0.2) is 47.0 Å². The van der Waals surface area contributed by atoms with Crippen molar-refractivity contribution in [1.82, 2.24) is 5.16 Å². The minimum Gasteiger partial charge on any atom is -0.542 e. The fourth-order valence-corrected chi connectivity index (χ4v) is 9.69. The normalized spacial score (nSPS) is 12.5. The second-order valence-corrected chi connectivity index (χ2v) is 13.4. The van der Waals surface area contributed by atoms with Crippen LogP contribution in [0.5, 0.6) is 5.75 Å². The Balaban J connectivity index is 2.21. The summed E-state index contributed by atoms with van der Waals surface area (Å²) < 4.78 is 26.8. The lowest BCUT2D eigenvalue weighted by molar-refractivity contribution is 0.458. The van der Waals surface area contributed by atoms with Gasteiger partial charge in [0.25, 0.3) is 8.32 Å². The zero-order valence-electron chi connectivity index (χ0n) is 16.9. The first kappa shape index (κ1) is 19.6. The molecular weight excluding hydrogens is 357 g/mol. The molecule has 0 aliphatic rings. The number of fused-ring (bicyclic) bond motifs is 1. The van der Waals surface area contributed by atoms with Gasteiger partial charge >= 0.3 is 0 Å². The second-order valence-electron chi connectivity index (χ2n) is 8.06. The predicted octanol–water partition coefficient (Wildman–Crippen LogP) is 7.19.